The molecular formula is C66H132N42O13S2. The lowest BCUT2D eigenvalue weighted by Crippen LogP contribution is -2.61. The molecule has 11 amide bonds. The van der Waals surface area contributed by atoms with E-state index in [1.54, 1.807) is 0 Å². The second-order valence-electron chi connectivity index (χ2n) is 27.8. The molecule has 0 rings (SSSR count). The van der Waals surface area contributed by atoms with Gasteiger partial charge in [-0.05, 0) is 128 Å². The molecule has 0 unspecified atom stereocenters. The van der Waals surface area contributed by atoms with Crippen LogP contribution in [0.5, 0.6) is 0 Å². The number of carbonyl (C=O) groups excluding carboxylic acids is 11. The highest BCUT2D eigenvalue weighted by Gasteiger charge is 2.37. The quantitative estimate of drug-likeness (QED) is 0.0116. The van der Waals surface area contributed by atoms with Gasteiger partial charge in [0.15, 0.2) is 59.6 Å². The molecule has 0 aliphatic rings. The molecule has 0 aromatic heterocycles. The first-order valence-corrected chi connectivity index (χ1v) is 40.6. The third kappa shape index (κ3) is 53.3. The number of amides is 11. The number of carboxylic acids is 1. The van der Waals surface area contributed by atoms with Gasteiger partial charge in [0.1, 0.15) is 66.5 Å². The average molecular weight is 1790 g/mol. The fourth-order valence-corrected chi connectivity index (χ4v) is 11.7. The van der Waals surface area contributed by atoms with E-state index < -0.39 is 197 Å². The van der Waals surface area contributed by atoms with E-state index in [4.69, 9.17) is 117 Å². The van der Waals surface area contributed by atoms with Crippen molar-refractivity contribution in [1.82, 2.24) is 112 Å². The number of carbonyl (C=O) groups is 12. The second kappa shape index (κ2) is 63.1. The monoisotopic (exact) mass is 1790 g/mol. The van der Waals surface area contributed by atoms with Crippen molar-refractivity contribution in [2.24, 2.45) is 63.1 Å². The smallest absolute Gasteiger partial charge is 0.327 e. The first-order chi connectivity index (χ1) is 58.0. The summed E-state index contributed by atoms with van der Waals surface area (Å²) in [6.07, 6.45) is -2.27. The summed E-state index contributed by atoms with van der Waals surface area (Å²) in [5, 5.41) is 141. The van der Waals surface area contributed by atoms with Crippen molar-refractivity contribution in [1.29, 1.82) is 54.1 Å². The van der Waals surface area contributed by atoms with Gasteiger partial charge in [-0.1, -0.05) is 0 Å². The van der Waals surface area contributed by atoms with E-state index in [9.17, 15) is 48.3 Å². The molecule has 0 saturated heterocycles. The van der Waals surface area contributed by atoms with Crippen molar-refractivity contribution in [3.63, 3.8) is 0 Å². The second-order valence-corrected chi connectivity index (χ2v) is 28.5. The van der Waals surface area contributed by atoms with Crippen molar-refractivity contribution < 1.29 is 62.6 Å². The average Bonchev–Trinajstić information content (AvgIpc) is 0.855. The fraction of sp³-hybridized carbons (Fsp3) is 0.667. The molecule has 0 bridgehead atoms. The molecule has 57 heteroatoms. The van der Waals surface area contributed by atoms with Gasteiger partial charge < -0.3 is 180 Å². The predicted molar refractivity (Wildman–Crippen MR) is 466 cm³/mol. The maximum atomic E-state index is 15.1. The summed E-state index contributed by atoms with van der Waals surface area (Å²) in [6.45, 7) is -0.318. The lowest BCUT2D eigenvalue weighted by Gasteiger charge is -2.29. The van der Waals surface area contributed by atoms with Crippen LogP contribution in [0.25, 0.3) is 0 Å². The third-order valence-corrected chi connectivity index (χ3v) is 18.3. The molecule has 0 aliphatic carbocycles. The van der Waals surface area contributed by atoms with Crippen molar-refractivity contribution in [2.75, 3.05) is 77.0 Å². The summed E-state index contributed by atoms with van der Waals surface area (Å²) in [7, 11) is 0. The molecule has 0 aliphatic heterocycles. The van der Waals surface area contributed by atoms with Gasteiger partial charge in [0.25, 0.3) is 0 Å². The maximum absolute atomic E-state index is 15.1. The van der Waals surface area contributed by atoms with E-state index in [0.717, 1.165) is 0 Å². The Hall–Kier alpha value is -13.0. The zero-order valence-corrected chi connectivity index (χ0v) is 70.4. The molecule has 0 spiro atoms. The first-order valence-electron chi connectivity index (χ1n) is 39.3. The van der Waals surface area contributed by atoms with Gasteiger partial charge in [-0.25, -0.2) is 4.79 Å². The Labute approximate surface area is 722 Å². The highest BCUT2D eigenvalue weighted by atomic mass is 32.1. The minimum absolute atomic E-state index is 0.00362. The normalized spacial score (nSPS) is 13.6. The van der Waals surface area contributed by atoms with E-state index >= 15 is 14.4 Å². The number of rotatable bonds is 65. The van der Waals surface area contributed by atoms with E-state index in [1.165, 1.54) is 0 Å². The standard InChI is InChI=1S/C66H132N42O13S2/c67-33(31-122)45(109)98-34(11-1-21-88-57(68)69)46(110)99-35(12-2-22-89-58(70)71)47(111)100-36(13-3-23-90-59(72)73)48(112)101-37(14-4-24-91-60(74)75)49(113)102-38(15-5-25-92-61(76)77)50(114)103-39(16-6-26-93-62(78)79)51(115)104-40(17-7-27-94-63(80)81)52(116)105-41(18-8-28-95-64(82)83)53(117)106-42(19-9-29-96-65(84)85)54(118)107-43(20-10-30-97-66(86)87)55(119)108-44(32-123)56(120)121/h33-44,122-123H,1-32,67H2,(H,98,109)(H,99,110)(H,100,111)(H,101,112)(H,102,113)(H,103,114)(H,104,115)(H,105,116)(H,106,117)(H,107,118)(H,108,119)(H,120,121)(H4,68,69,88)(H4,70,71,89)(H4,72,73,90)(H4,74,75,91)(H4,76,77,92)(H4,78,79,93)(H4,80,81,94)(H4,82,83,95)(H4,84,85,96)(H4,86,87,97)/t33-,34-,35-,36-,37-,38-,39-,40-,41-,42-,43-,44-/m0/s1. The Morgan fingerprint density at radius 3 is 0.423 bits per heavy atom. The van der Waals surface area contributed by atoms with E-state index in [1.807, 2.05) is 0 Å². The SMILES string of the molecule is N=C(N)NCCC[C@H](NC(=O)[C@H](CCCNC(=N)N)NC(=O)[C@H](CCCNC(=N)N)NC(=O)[C@H](CCCNC(=N)N)NC(=O)[C@H](CCCNC(=N)N)NC(=O)[C@H](CCCNC(=N)N)NC(=O)[C@H](CCCNC(=N)N)NC(=O)[C@H](CCCNC(=N)N)NC(=O)[C@H](CCCNC(=N)N)NC(=O)[C@H](CCCNC(=N)N)NC(=O)[C@@H](N)CS)C(=O)N[C@@H](CS)C(=O)O. The summed E-state index contributed by atoms with van der Waals surface area (Å²) < 4.78 is 0. The van der Waals surface area contributed by atoms with Crippen molar-refractivity contribution in [2.45, 2.75) is 201 Å². The molecule has 54 N–H and O–H groups in total. The van der Waals surface area contributed by atoms with Crippen LogP contribution in [0, 0.1) is 54.1 Å². The molecule has 12 atom stereocenters. The molecule has 0 heterocycles. The van der Waals surface area contributed by atoms with Gasteiger partial charge in [-0.15, -0.1) is 0 Å². The van der Waals surface area contributed by atoms with Crippen molar-refractivity contribution >= 4 is 156 Å². The summed E-state index contributed by atoms with van der Waals surface area (Å²) >= 11 is 8.09. The summed E-state index contributed by atoms with van der Waals surface area (Å²) in [5.41, 5.74) is 61.3. The number of nitrogens with two attached hydrogens (primary N) is 11. The summed E-state index contributed by atoms with van der Waals surface area (Å²) in [4.78, 5) is 172. The minimum Gasteiger partial charge on any atom is -0.480 e. The molecule has 0 radical (unpaired) electrons. The van der Waals surface area contributed by atoms with Gasteiger partial charge in [-0.3, -0.25) is 107 Å². The number of hydrogen-bond donors (Lipinski definition) is 45. The Morgan fingerprint density at radius 1 is 0.211 bits per heavy atom. The van der Waals surface area contributed by atoms with Crippen LogP contribution < -0.4 is 175 Å². The van der Waals surface area contributed by atoms with E-state index in [0.29, 0.717) is 0 Å². The predicted octanol–water partition coefficient (Wildman–Crippen LogP) is -13.8. The molecule has 0 aromatic carbocycles. The van der Waals surface area contributed by atoms with Crippen molar-refractivity contribution in [3.8, 4) is 0 Å². The lowest BCUT2D eigenvalue weighted by molar-refractivity contribution is -0.141. The molecule has 123 heavy (non-hydrogen) atoms. The van der Waals surface area contributed by atoms with E-state index in [-0.39, 0.29) is 211 Å². The van der Waals surface area contributed by atoms with Crippen LogP contribution in [0.4, 0.5) is 0 Å². The Bertz CT molecular complexity index is 3490. The molecule has 0 fully saturated rings. The van der Waals surface area contributed by atoms with Crippen LogP contribution >= 0.6 is 25.3 Å². The van der Waals surface area contributed by atoms with Crippen LogP contribution in [0.3, 0.4) is 0 Å². The van der Waals surface area contributed by atoms with Crippen LogP contribution in [0.15, 0.2) is 0 Å². The number of thiol groups is 2. The number of aliphatic carboxylic acids is 1. The molecule has 0 saturated carbocycles. The Morgan fingerprint density at radius 2 is 0.325 bits per heavy atom. The van der Waals surface area contributed by atoms with Gasteiger partial charge in [0.05, 0.1) is 6.04 Å². The number of hydrogen-bond acceptors (Lipinski definition) is 25. The Kier molecular flexibility index (Phi) is 56.4. The first kappa shape index (κ1) is 110. The maximum Gasteiger partial charge on any atom is 0.327 e. The van der Waals surface area contributed by atoms with Gasteiger partial charge in [-0.2, -0.15) is 25.3 Å². The lowest BCUT2D eigenvalue weighted by atomic mass is 10.0. The Balaban J connectivity index is 8.22. The highest BCUT2D eigenvalue weighted by Crippen LogP contribution is 2.13. The van der Waals surface area contributed by atoms with Gasteiger partial charge in [0.2, 0.25) is 65.0 Å². The van der Waals surface area contributed by atoms with E-state index in [2.05, 4.69) is 137 Å². The number of guanidine groups is 10. The fourth-order valence-electron chi connectivity index (χ4n) is 11.3. The summed E-state index contributed by atoms with van der Waals surface area (Å²) in [5.74, 6) is -17.3. The van der Waals surface area contributed by atoms with Crippen LogP contribution in [-0.4, -0.2) is 285 Å². The number of carboxylic acid groups (broad SMARTS) is 1. The topological polar surface area (TPSA) is 1000 Å². The van der Waals surface area contributed by atoms with Gasteiger partial charge in [0, 0.05) is 77.0 Å². The molecule has 0 aromatic rings. The summed E-state index contributed by atoms with van der Waals surface area (Å²) in [6, 6.07) is -18.4. The highest BCUT2D eigenvalue weighted by molar-refractivity contribution is 7.80. The third-order valence-electron chi connectivity index (χ3n) is 17.5. The minimum atomic E-state index is -1.67. The largest absolute Gasteiger partial charge is 0.480 e. The van der Waals surface area contributed by atoms with Crippen LogP contribution in [-0.2, 0) is 57.5 Å². The van der Waals surface area contributed by atoms with Crippen LogP contribution in [0.1, 0.15) is 128 Å². The molecule has 55 nitrogen and oxygen atoms in total. The number of nitrogens with one attached hydrogen (secondary N) is 31. The van der Waals surface area contributed by atoms with Crippen LogP contribution in [0.2, 0.25) is 0 Å². The van der Waals surface area contributed by atoms with Crippen molar-refractivity contribution in [3.05, 3.63) is 0 Å². The molecular weight excluding hydrogens is 1650 g/mol. The van der Waals surface area contributed by atoms with Gasteiger partial charge >= 0.3 is 5.97 Å². The zero-order valence-electron chi connectivity index (χ0n) is 68.6. The zero-order chi connectivity index (χ0) is 93.1. The molecule has 696 valence electrons.